The van der Waals surface area contributed by atoms with Crippen molar-refractivity contribution >= 4 is 12.2 Å². The monoisotopic (exact) mass is 243 g/mol. The van der Waals surface area contributed by atoms with Gasteiger partial charge in [0, 0.05) is 12.8 Å². The first-order valence-electron chi connectivity index (χ1n) is 6.66. The predicted octanol–water partition coefficient (Wildman–Crippen LogP) is 2.98. The largest absolute Gasteiger partial charge is 0.300 e. The molecule has 0 radical (unpaired) electrons. The van der Waals surface area contributed by atoms with Crippen LogP contribution in [0.4, 0.5) is 0 Å². The van der Waals surface area contributed by atoms with Gasteiger partial charge in [-0.05, 0) is 12.8 Å². The number of hydroxylamine groups is 1. The van der Waals surface area contributed by atoms with E-state index in [4.69, 9.17) is 10.0 Å². The van der Waals surface area contributed by atoms with Crippen LogP contribution in [0.15, 0.2) is 0 Å². The highest BCUT2D eigenvalue weighted by Gasteiger charge is 2.02. The Morgan fingerprint density at radius 3 is 1.41 bits per heavy atom. The number of carbonyl (C=O) groups excluding carboxylic acids is 2. The lowest BCUT2D eigenvalue weighted by molar-refractivity contribution is -0.119. The van der Waals surface area contributed by atoms with Crippen molar-refractivity contribution < 1.29 is 14.8 Å². The van der Waals surface area contributed by atoms with Crippen LogP contribution in [0.5, 0.6) is 0 Å². The number of carbonyl (C=O) groups is 2. The highest BCUT2D eigenvalue weighted by molar-refractivity contribution is 5.78. The number of hydrogen-bond donors (Lipinski definition) is 2. The third kappa shape index (κ3) is 13.0. The molecule has 0 aromatic carbocycles. The van der Waals surface area contributed by atoms with E-state index in [1.54, 1.807) is 0 Å². The highest BCUT2D eigenvalue weighted by Crippen LogP contribution is 2.14. The van der Waals surface area contributed by atoms with Crippen molar-refractivity contribution in [2.45, 2.75) is 70.6 Å². The van der Waals surface area contributed by atoms with Gasteiger partial charge in [0.25, 0.3) is 0 Å². The van der Waals surface area contributed by atoms with Crippen molar-refractivity contribution in [2.75, 3.05) is 0 Å². The molecule has 1 aliphatic carbocycles. The van der Waals surface area contributed by atoms with Gasteiger partial charge in [-0.15, -0.1) is 0 Å². The molecule has 0 bridgehead atoms. The van der Waals surface area contributed by atoms with E-state index in [1.165, 1.54) is 50.4 Å². The minimum absolute atomic E-state index is 0.181. The molecule has 17 heavy (non-hydrogen) atoms. The Morgan fingerprint density at radius 2 is 1.12 bits per heavy atom. The van der Waals surface area contributed by atoms with Crippen molar-refractivity contribution in [1.82, 2.24) is 5.48 Å². The standard InChI is InChI=1S/C12H22O.CH3NO2/c13-12-10-8-6-4-2-1-3-5-7-9-11-12;3-1-2-4/h1-11H2;1,4H,(H,2,3). The van der Waals surface area contributed by atoms with Gasteiger partial charge in [0.05, 0.1) is 0 Å². The number of amides is 1. The molecule has 1 amide bonds. The summed E-state index contributed by atoms with van der Waals surface area (Å²) < 4.78 is 0. The van der Waals surface area contributed by atoms with Crippen molar-refractivity contribution in [3.63, 3.8) is 0 Å². The second-order valence-corrected chi connectivity index (χ2v) is 4.47. The molecular formula is C13H25NO3. The number of nitrogens with one attached hydrogen (secondary N) is 1. The number of hydrogen-bond acceptors (Lipinski definition) is 3. The van der Waals surface area contributed by atoms with Gasteiger partial charge in [-0.3, -0.25) is 14.8 Å². The second-order valence-electron chi connectivity index (χ2n) is 4.47. The molecule has 0 unspecified atom stereocenters. The fourth-order valence-electron chi connectivity index (χ4n) is 2.01. The molecule has 0 atom stereocenters. The molecule has 0 spiro atoms. The van der Waals surface area contributed by atoms with Gasteiger partial charge < -0.3 is 0 Å². The van der Waals surface area contributed by atoms with Crippen LogP contribution in [0.3, 0.4) is 0 Å². The SMILES string of the molecule is O=C1CCCCCCCCCCC1.O=CNO. The Bertz CT molecular complexity index is 181. The summed E-state index contributed by atoms with van der Waals surface area (Å²) in [7, 11) is 0. The van der Waals surface area contributed by atoms with Gasteiger partial charge in [0.2, 0.25) is 6.41 Å². The summed E-state index contributed by atoms with van der Waals surface area (Å²) in [5, 5.41) is 7.26. The Labute approximate surface area is 104 Å². The average Bonchev–Trinajstić information content (AvgIpc) is 2.34. The predicted molar refractivity (Wildman–Crippen MR) is 66.8 cm³/mol. The van der Waals surface area contributed by atoms with E-state index >= 15 is 0 Å². The van der Waals surface area contributed by atoms with Crippen molar-refractivity contribution in [2.24, 2.45) is 0 Å². The summed E-state index contributed by atoms with van der Waals surface area (Å²) >= 11 is 0. The third-order valence-electron chi connectivity index (χ3n) is 2.96. The van der Waals surface area contributed by atoms with Gasteiger partial charge in [-0.1, -0.05) is 44.9 Å². The van der Waals surface area contributed by atoms with E-state index in [9.17, 15) is 4.79 Å². The number of Topliss-reactive ketones (excluding diaryl/α,β-unsaturated/α-hetero) is 1. The summed E-state index contributed by atoms with van der Waals surface area (Å²) in [6.45, 7) is 0. The van der Waals surface area contributed by atoms with Gasteiger partial charge in [-0.2, -0.15) is 0 Å². The van der Waals surface area contributed by atoms with Gasteiger partial charge in [-0.25, -0.2) is 5.48 Å². The first-order chi connectivity index (χ1) is 8.31. The molecule has 0 heterocycles. The van der Waals surface area contributed by atoms with E-state index in [1.807, 2.05) is 0 Å². The summed E-state index contributed by atoms with van der Waals surface area (Å²) in [5.74, 6) is 0.501. The second kappa shape index (κ2) is 13.2. The fraction of sp³-hybridized carbons (Fsp3) is 0.846. The molecule has 1 aliphatic rings. The molecule has 100 valence electrons. The lowest BCUT2D eigenvalue weighted by Crippen LogP contribution is -1.99. The van der Waals surface area contributed by atoms with Gasteiger partial charge >= 0.3 is 0 Å². The topological polar surface area (TPSA) is 66.4 Å². The van der Waals surface area contributed by atoms with E-state index in [2.05, 4.69) is 0 Å². The summed E-state index contributed by atoms with van der Waals surface area (Å²) in [5.41, 5.74) is 1.25. The van der Waals surface area contributed by atoms with Crippen molar-refractivity contribution in [3.8, 4) is 0 Å². The maximum atomic E-state index is 11.3. The quantitative estimate of drug-likeness (QED) is 0.422. The van der Waals surface area contributed by atoms with Crippen LogP contribution in [-0.2, 0) is 9.59 Å². The molecule has 0 aromatic rings. The summed E-state index contributed by atoms with van der Waals surface area (Å²) in [6.07, 6.45) is 13.5. The normalized spacial score (nSPS) is 19.0. The molecule has 0 aromatic heterocycles. The average molecular weight is 243 g/mol. The zero-order valence-electron chi connectivity index (χ0n) is 10.6. The Morgan fingerprint density at radius 1 is 0.824 bits per heavy atom. The molecule has 1 rings (SSSR count). The first-order valence-corrected chi connectivity index (χ1v) is 6.66. The van der Waals surface area contributed by atoms with Crippen LogP contribution in [0.25, 0.3) is 0 Å². The lowest BCUT2D eigenvalue weighted by atomic mass is 10.0. The Kier molecular flexibility index (Phi) is 12.5. The molecule has 0 saturated heterocycles. The number of ketones is 1. The molecule has 4 nitrogen and oxygen atoms in total. The minimum atomic E-state index is 0.181. The summed E-state index contributed by atoms with van der Waals surface area (Å²) in [6, 6.07) is 0. The first kappa shape index (κ1) is 16.1. The molecular weight excluding hydrogens is 218 g/mol. The van der Waals surface area contributed by atoms with Crippen LogP contribution in [-0.4, -0.2) is 17.4 Å². The highest BCUT2D eigenvalue weighted by atomic mass is 16.5. The maximum Gasteiger partial charge on any atom is 0.230 e. The zero-order valence-corrected chi connectivity index (χ0v) is 10.6. The van der Waals surface area contributed by atoms with Crippen molar-refractivity contribution in [1.29, 1.82) is 0 Å². The Hall–Kier alpha value is -0.900. The van der Waals surface area contributed by atoms with Crippen LogP contribution in [0, 0.1) is 0 Å². The van der Waals surface area contributed by atoms with E-state index in [0.717, 1.165) is 25.7 Å². The Balaban J connectivity index is 0.000000557. The molecule has 4 heteroatoms. The smallest absolute Gasteiger partial charge is 0.230 e. The van der Waals surface area contributed by atoms with E-state index < -0.39 is 0 Å². The number of rotatable bonds is 1. The molecule has 1 fully saturated rings. The van der Waals surface area contributed by atoms with Gasteiger partial charge in [0.15, 0.2) is 0 Å². The molecule has 1 saturated carbocycles. The molecule has 2 N–H and O–H groups in total. The van der Waals surface area contributed by atoms with E-state index in [0.29, 0.717) is 5.78 Å². The maximum absolute atomic E-state index is 11.3. The van der Waals surface area contributed by atoms with Crippen molar-refractivity contribution in [3.05, 3.63) is 0 Å². The van der Waals surface area contributed by atoms with Crippen LogP contribution < -0.4 is 5.48 Å². The zero-order chi connectivity index (χ0) is 12.8. The van der Waals surface area contributed by atoms with Crippen LogP contribution >= 0.6 is 0 Å². The van der Waals surface area contributed by atoms with E-state index in [-0.39, 0.29) is 6.41 Å². The molecule has 0 aliphatic heterocycles. The van der Waals surface area contributed by atoms with Crippen LogP contribution in [0.2, 0.25) is 0 Å². The summed E-state index contributed by atoms with van der Waals surface area (Å²) in [4.78, 5) is 20.1. The third-order valence-corrected chi connectivity index (χ3v) is 2.96. The minimum Gasteiger partial charge on any atom is -0.300 e. The van der Waals surface area contributed by atoms with Gasteiger partial charge in [0.1, 0.15) is 5.78 Å². The fourth-order valence-corrected chi connectivity index (χ4v) is 2.01. The lowest BCUT2D eigenvalue weighted by Gasteiger charge is -2.05. The van der Waals surface area contributed by atoms with Crippen LogP contribution in [0.1, 0.15) is 70.6 Å².